The van der Waals surface area contributed by atoms with Gasteiger partial charge in [-0.15, -0.1) is 0 Å². The second-order valence-electron chi connectivity index (χ2n) is 5.34. The molecule has 1 aliphatic carbocycles. The van der Waals surface area contributed by atoms with E-state index in [0.717, 1.165) is 18.6 Å². The van der Waals surface area contributed by atoms with Crippen LogP contribution in [0.25, 0.3) is 0 Å². The zero-order chi connectivity index (χ0) is 11.2. The second-order valence-corrected chi connectivity index (χ2v) is 5.34. The molecule has 0 radical (unpaired) electrons. The van der Waals surface area contributed by atoms with Crippen LogP contribution in [0.4, 0.5) is 0 Å². The van der Waals surface area contributed by atoms with E-state index >= 15 is 0 Å². The van der Waals surface area contributed by atoms with Gasteiger partial charge in [0.1, 0.15) is 0 Å². The number of likely N-dealkylation sites (tertiary alicyclic amines) is 1. The number of ether oxygens (including phenoxy) is 1. The van der Waals surface area contributed by atoms with Crippen molar-refractivity contribution in [2.45, 2.75) is 38.1 Å². The molecule has 1 heterocycles. The summed E-state index contributed by atoms with van der Waals surface area (Å²) >= 11 is 0. The van der Waals surface area contributed by atoms with E-state index < -0.39 is 0 Å². The van der Waals surface area contributed by atoms with Crippen molar-refractivity contribution in [3.05, 3.63) is 0 Å². The molecule has 1 aliphatic heterocycles. The molecule has 1 saturated carbocycles. The molecule has 2 fully saturated rings. The molecular weight excluding hydrogens is 200 g/mol. The Hall–Kier alpha value is -0.120. The van der Waals surface area contributed by atoms with Gasteiger partial charge >= 0.3 is 0 Å². The van der Waals surface area contributed by atoms with E-state index in [2.05, 4.69) is 10.2 Å². The lowest BCUT2D eigenvalue weighted by Crippen LogP contribution is -2.40. The fourth-order valence-corrected chi connectivity index (χ4v) is 2.57. The monoisotopic (exact) mass is 226 g/mol. The fourth-order valence-electron chi connectivity index (χ4n) is 2.57. The molecule has 0 aromatic heterocycles. The topological polar surface area (TPSA) is 24.5 Å². The Bertz CT molecular complexity index is 194. The number of piperidine rings is 1. The van der Waals surface area contributed by atoms with Gasteiger partial charge in [0, 0.05) is 32.8 Å². The van der Waals surface area contributed by atoms with E-state index in [4.69, 9.17) is 4.74 Å². The zero-order valence-electron chi connectivity index (χ0n) is 10.6. The number of hydrogen-bond donors (Lipinski definition) is 1. The maximum Gasteiger partial charge on any atom is 0.0474 e. The summed E-state index contributed by atoms with van der Waals surface area (Å²) in [6.45, 7) is 5.95. The molecule has 3 nitrogen and oxygen atoms in total. The van der Waals surface area contributed by atoms with Crippen molar-refractivity contribution in [3.8, 4) is 0 Å². The summed E-state index contributed by atoms with van der Waals surface area (Å²) in [6, 6.07) is 0.865. The Kier molecular flexibility index (Phi) is 5.07. The van der Waals surface area contributed by atoms with Gasteiger partial charge in [-0.25, -0.2) is 0 Å². The van der Waals surface area contributed by atoms with Crippen molar-refractivity contribution in [1.29, 1.82) is 0 Å². The quantitative estimate of drug-likeness (QED) is 0.666. The summed E-state index contributed by atoms with van der Waals surface area (Å²) < 4.78 is 5.11. The molecule has 0 aromatic rings. The average molecular weight is 226 g/mol. The third kappa shape index (κ3) is 4.40. The van der Waals surface area contributed by atoms with E-state index in [1.165, 1.54) is 58.3 Å². The number of nitrogens with one attached hydrogen (secondary N) is 1. The Labute approximate surface area is 99.5 Å². The normalized spacial score (nSPS) is 27.2. The molecule has 1 atom stereocenters. The minimum atomic E-state index is 0.865. The number of nitrogens with zero attached hydrogens (tertiary/aromatic N) is 1. The maximum absolute atomic E-state index is 5.11. The summed E-state index contributed by atoms with van der Waals surface area (Å²) in [5.41, 5.74) is 0. The molecule has 0 amide bonds. The third-order valence-corrected chi connectivity index (χ3v) is 3.70. The zero-order valence-corrected chi connectivity index (χ0v) is 10.6. The van der Waals surface area contributed by atoms with Crippen LogP contribution in [0.2, 0.25) is 0 Å². The summed E-state index contributed by atoms with van der Waals surface area (Å²) in [5.74, 6) is 0.886. The lowest BCUT2D eigenvalue weighted by molar-refractivity contribution is 0.140. The molecule has 1 N–H and O–H groups in total. The molecule has 16 heavy (non-hydrogen) atoms. The van der Waals surface area contributed by atoms with Gasteiger partial charge < -0.3 is 15.0 Å². The lowest BCUT2D eigenvalue weighted by atomic mass is 9.98. The van der Waals surface area contributed by atoms with Crippen molar-refractivity contribution in [3.63, 3.8) is 0 Å². The molecule has 0 spiro atoms. The van der Waals surface area contributed by atoms with Crippen LogP contribution in [0.1, 0.15) is 32.1 Å². The van der Waals surface area contributed by atoms with Crippen LogP contribution in [-0.4, -0.2) is 50.8 Å². The molecule has 2 aliphatic rings. The van der Waals surface area contributed by atoms with Crippen LogP contribution < -0.4 is 5.32 Å². The van der Waals surface area contributed by atoms with Crippen molar-refractivity contribution >= 4 is 0 Å². The minimum Gasteiger partial charge on any atom is -0.385 e. The van der Waals surface area contributed by atoms with Crippen molar-refractivity contribution < 1.29 is 4.74 Å². The van der Waals surface area contributed by atoms with Gasteiger partial charge in [0.05, 0.1) is 0 Å². The third-order valence-electron chi connectivity index (χ3n) is 3.70. The van der Waals surface area contributed by atoms with E-state index in [1.807, 2.05) is 0 Å². The highest BCUT2D eigenvalue weighted by Crippen LogP contribution is 2.21. The first-order valence-corrected chi connectivity index (χ1v) is 6.83. The first-order chi connectivity index (χ1) is 7.88. The highest BCUT2D eigenvalue weighted by atomic mass is 16.5. The van der Waals surface area contributed by atoms with Crippen LogP contribution in [0, 0.1) is 5.92 Å². The number of rotatable bonds is 7. The summed E-state index contributed by atoms with van der Waals surface area (Å²) in [7, 11) is 1.79. The molecule has 0 aromatic carbocycles. The van der Waals surface area contributed by atoms with Crippen molar-refractivity contribution in [2.24, 2.45) is 5.92 Å². The maximum atomic E-state index is 5.11. The smallest absolute Gasteiger partial charge is 0.0474 e. The first kappa shape index (κ1) is 12.3. The van der Waals surface area contributed by atoms with E-state index in [1.54, 1.807) is 7.11 Å². The highest BCUT2D eigenvalue weighted by molar-refractivity contribution is 4.83. The van der Waals surface area contributed by atoms with Crippen molar-refractivity contribution in [1.82, 2.24) is 10.2 Å². The Morgan fingerprint density at radius 1 is 1.31 bits per heavy atom. The molecule has 1 unspecified atom stereocenters. The first-order valence-electron chi connectivity index (χ1n) is 6.83. The van der Waals surface area contributed by atoms with Crippen LogP contribution in [0.15, 0.2) is 0 Å². The average Bonchev–Trinajstić information content (AvgIpc) is 3.11. The largest absolute Gasteiger partial charge is 0.385 e. The molecule has 94 valence electrons. The molecule has 0 bridgehead atoms. The summed E-state index contributed by atoms with van der Waals surface area (Å²) in [6.07, 6.45) is 6.79. The summed E-state index contributed by atoms with van der Waals surface area (Å²) in [5, 5.41) is 3.66. The van der Waals surface area contributed by atoms with Gasteiger partial charge in [0.25, 0.3) is 0 Å². The second kappa shape index (κ2) is 6.58. The predicted octanol–water partition coefficient (Wildman–Crippen LogP) is 1.49. The van der Waals surface area contributed by atoms with Gasteiger partial charge in [-0.1, -0.05) is 0 Å². The minimum absolute atomic E-state index is 0.865. The van der Waals surface area contributed by atoms with Gasteiger partial charge in [-0.2, -0.15) is 0 Å². The van der Waals surface area contributed by atoms with E-state index in [0.29, 0.717) is 0 Å². The highest BCUT2D eigenvalue weighted by Gasteiger charge is 2.24. The van der Waals surface area contributed by atoms with Crippen molar-refractivity contribution in [2.75, 3.05) is 39.9 Å². The van der Waals surface area contributed by atoms with Gasteiger partial charge in [0.2, 0.25) is 0 Å². The Morgan fingerprint density at radius 2 is 2.19 bits per heavy atom. The van der Waals surface area contributed by atoms with E-state index in [-0.39, 0.29) is 0 Å². The van der Waals surface area contributed by atoms with Crippen LogP contribution in [-0.2, 0) is 4.74 Å². The Balaban J connectivity index is 1.58. The van der Waals surface area contributed by atoms with Crippen LogP contribution in [0.3, 0.4) is 0 Å². The fraction of sp³-hybridized carbons (Fsp3) is 1.00. The molecule has 2 rings (SSSR count). The van der Waals surface area contributed by atoms with Gasteiger partial charge in [-0.3, -0.25) is 0 Å². The van der Waals surface area contributed by atoms with Gasteiger partial charge in [-0.05, 0) is 51.1 Å². The Morgan fingerprint density at radius 3 is 2.94 bits per heavy atom. The molecule has 1 saturated heterocycles. The number of methoxy groups -OCH3 is 1. The molecular formula is C13H26N2O. The summed E-state index contributed by atoms with van der Waals surface area (Å²) in [4.78, 5) is 2.61. The van der Waals surface area contributed by atoms with Crippen LogP contribution in [0.5, 0.6) is 0 Å². The molecule has 3 heteroatoms. The lowest BCUT2D eigenvalue weighted by Gasteiger charge is -2.32. The predicted molar refractivity (Wildman–Crippen MR) is 66.7 cm³/mol. The number of hydrogen-bond acceptors (Lipinski definition) is 3. The standard InChI is InChI=1S/C13H26N2O/c1-16-9-3-8-15-7-2-4-12(11-15)10-14-13-5-6-13/h12-14H,2-11H2,1H3. The van der Waals surface area contributed by atoms with Crippen LogP contribution >= 0.6 is 0 Å². The SMILES string of the molecule is COCCCN1CCCC(CNC2CC2)C1. The van der Waals surface area contributed by atoms with Gasteiger partial charge in [0.15, 0.2) is 0 Å². The van der Waals surface area contributed by atoms with E-state index in [9.17, 15) is 0 Å².